The number of amides is 2. The molecule has 3 atom stereocenters. The van der Waals surface area contributed by atoms with Crippen molar-refractivity contribution >= 4 is 11.8 Å². The highest BCUT2D eigenvalue weighted by Gasteiger charge is 2.37. The van der Waals surface area contributed by atoms with E-state index in [0.29, 0.717) is 31.6 Å². The maximum Gasteiger partial charge on any atom is 0.228 e. The third-order valence-electron chi connectivity index (χ3n) is 4.25. The molecule has 2 rings (SSSR count). The molecule has 1 N–H and O–H groups in total. The van der Waals surface area contributed by atoms with Crippen LogP contribution in [-0.2, 0) is 9.59 Å². The second kappa shape index (κ2) is 6.75. The molecule has 0 saturated carbocycles. The number of hydrogen-bond acceptors (Lipinski definition) is 4. The molecule has 120 valence electrons. The molecule has 0 aromatic heterocycles. The molecule has 0 unspecified atom stereocenters. The van der Waals surface area contributed by atoms with Gasteiger partial charge in [-0.15, -0.1) is 0 Å². The Morgan fingerprint density at radius 3 is 2.43 bits per heavy atom. The van der Waals surface area contributed by atoms with Crippen LogP contribution in [0.3, 0.4) is 0 Å². The van der Waals surface area contributed by atoms with E-state index in [1.54, 1.807) is 0 Å². The lowest BCUT2D eigenvalue weighted by Gasteiger charge is -2.37. The van der Waals surface area contributed by atoms with E-state index < -0.39 is 0 Å². The molecule has 2 saturated heterocycles. The van der Waals surface area contributed by atoms with E-state index in [1.807, 2.05) is 23.9 Å². The number of hydrogen-bond donors (Lipinski definition) is 1. The second-order valence-corrected chi connectivity index (χ2v) is 6.76. The quantitative estimate of drug-likeness (QED) is 0.767. The maximum absolute atomic E-state index is 12.6. The van der Waals surface area contributed by atoms with Crippen molar-refractivity contribution in [2.75, 3.05) is 46.8 Å². The molecule has 2 aliphatic heterocycles. The normalized spacial score (nSPS) is 30.3. The monoisotopic (exact) mass is 296 g/mol. The first-order valence-corrected chi connectivity index (χ1v) is 7.84. The van der Waals surface area contributed by atoms with Crippen molar-refractivity contribution in [3.63, 3.8) is 0 Å². The molecule has 0 bridgehead atoms. The van der Waals surface area contributed by atoms with Gasteiger partial charge in [-0.3, -0.25) is 9.59 Å². The van der Waals surface area contributed by atoms with Crippen molar-refractivity contribution in [1.29, 1.82) is 0 Å². The Labute approximate surface area is 127 Å². The van der Waals surface area contributed by atoms with E-state index in [0.717, 1.165) is 19.6 Å². The number of carbonyl (C=O) groups is 2. The zero-order chi connectivity index (χ0) is 15.6. The van der Waals surface area contributed by atoms with E-state index in [1.165, 1.54) is 0 Å². The molecular formula is C15H28N4O2. The Kier molecular flexibility index (Phi) is 5.22. The van der Waals surface area contributed by atoms with Gasteiger partial charge in [0.1, 0.15) is 0 Å². The summed E-state index contributed by atoms with van der Waals surface area (Å²) < 4.78 is 0. The molecule has 0 aromatic carbocycles. The number of rotatable bonds is 4. The number of likely N-dealkylation sites (N-methyl/N-ethyl adjacent to an activating group) is 1. The summed E-state index contributed by atoms with van der Waals surface area (Å²) in [6.07, 6.45) is 0.374. The summed E-state index contributed by atoms with van der Waals surface area (Å²) in [7, 11) is 3.99. The minimum Gasteiger partial charge on any atom is -0.341 e. The first kappa shape index (κ1) is 16.2. The zero-order valence-corrected chi connectivity index (χ0v) is 13.6. The highest BCUT2D eigenvalue weighted by Crippen LogP contribution is 2.21. The summed E-state index contributed by atoms with van der Waals surface area (Å²) in [5.41, 5.74) is 0. The Balaban J connectivity index is 1.90. The van der Waals surface area contributed by atoms with Gasteiger partial charge in [-0.1, -0.05) is 0 Å². The summed E-state index contributed by atoms with van der Waals surface area (Å²) in [5.74, 6) is 0.111. The summed E-state index contributed by atoms with van der Waals surface area (Å²) in [6, 6.07) is 0.638. The predicted octanol–water partition coefficient (Wildman–Crippen LogP) is -0.395. The highest BCUT2D eigenvalue weighted by molar-refractivity contribution is 5.89. The molecular weight excluding hydrogens is 268 g/mol. The van der Waals surface area contributed by atoms with Crippen LogP contribution in [0.1, 0.15) is 20.3 Å². The SMILES string of the molecule is C[C@@H]1CN(C(=O)[C@@H]2CC(=O)N(CCN(C)C)C2)C[C@H](C)N1. The smallest absolute Gasteiger partial charge is 0.228 e. The van der Waals surface area contributed by atoms with Crippen molar-refractivity contribution in [2.24, 2.45) is 5.92 Å². The van der Waals surface area contributed by atoms with E-state index in [4.69, 9.17) is 0 Å². The molecule has 2 heterocycles. The Hall–Kier alpha value is -1.14. The average Bonchev–Trinajstić information content (AvgIpc) is 2.75. The molecule has 2 aliphatic rings. The molecule has 6 nitrogen and oxygen atoms in total. The minimum atomic E-state index is -0.155. The van der Waals surface area contributed by atoms with Crippen molar-refractivity contribution in [1.82, 2.24) is 20.0 Å². The van der Waals surface area contributed by atoms with E-state index >= 15 is 0 Å². The molecule has 0 radical (unpaired) electrons. The van der Waals surface area contributed by atoms with Gasteiger partial charge in [0, 0.05) is 51.2 Å². The molecule has 0 spiro atoms. The van der Waals surface area contributed by atoms with Crippen molar-refractivity contribution in [2.45, 2.75) is 32.4 Å². The predicted molar refractivity (Wildman–Crippen MR) is 81.9 cm³/mol. The van der Waals surface area contributed by atoms with Gasteiger partial charge in [0.05, 0.1) is 5.92 Å². The van der Waals surface area contributed by atoms with Gasteiger partial charge in [0.25, 0.3) is 0 Å². The molecule has 2 amide bonds. The largest absolute Gasteiger partial charge is 0.341 e. The average molecular weight is 296 g/mol. The lowest BCUT2D eigenvalue weighted by Crippen LogP contribution is -2.57. The zero-order valence-electron chi connectivity index (χ0n) is 13.6. The number of nitrogens with one attached hydrogen (secondary N) is 1. The van der Waals surface area contributed by atoms with Crippen LogP contribution in [0.5, 0.6) is 0 Å². The Morgan fingerprint density at radius 1 is 1.24 bits per heavy atom. The van der Waals surface area contributed by atoms with E-state index in [-0.39, 0.29) is 17.7 Å². The van der Waals surface area contributed by atoms with Crippen molar-refractivity contribution in [3.05, 3.63) is 0 Å². The molecule has 6 heteroatoms. The first-order valence-electron chi connectivity index (χ1n) is 7.84. The van der Waals surface area contributed by atoms with Crippen LogP contribution < -0.4 is 5.32 Å². The molecule has 21 heavy (non-hydrogen) atoms. The fourth-order valence-electron chi connectivity index (χ4n) is 3.24. The number of nitrogens with zero attached hydrogens (tertiary/aromatic N) is 3. The summed E-state index contributed by atoms with van der Waals surface area (Å²) in [5, 5.41) is 3.43. The number of piperazine rings is 1. The van der Waals surface area contributed by atoms with Gasteiger partial charge in [-0.25, -0.2) is 0 Å². The van der Waals surface area contributed by atoms with Crippen molar-refractivity contribution in [3.8, 4) is 0 Å². The van der Waals surface area contributed by atoms with Gasteiger partial charge in [-0.05, 0) is 27.9 Å². The maximum atomic E-state index is 12.6. The van der Waals surface area contributed by atoms with Gasteiger partial charge >= 0.3 is 0 Å². The Morgan fingerprint density at radius 2 is 1.86 bits per heavy atom. The number of carbonyl (C=O) groups excluding carboxylic acids is 2. The summed E-state index contributed by atoms with van der Waals surface area (Å²) in [6.45, 7) is 7.81. The fraction of sp³-hybridized carbons (Fsp3) is 0.867. The lowest BCUT2D eigenvalue weighted by atomic mass is 10.0. The van der Waals surface area contributed by atoms with Crippen LogP contribution in [0.2, 0.25) is 0 Å². The standard InChI is InChI=1S/C15H28N4O2/c1-11-8-19(9-12(2)16-11)15(21)13-7-14(20)18(10-13)6-5-17(3)4/h11-13,16H,5-10H2,1-4H3/t11-,12+,13-/m1/s1. The summed E-state index contributed by atoms with van der Waals surface area (Å²) >= 11 is 0. The van der Waals surface area contributed by atoms with E-state index in [9.17, 15) is 9.59 Å². The third kappa shape index (κ3) is 4.17. The lowest BCUT2D eigenvalue weighted by molar-refractivity contribution is -0.137. The molecule has 0 aliphatic carbocycles. The second-order valence-electron chi connectivity index (χ2n) is 6.76. The molecule has 2 fully saturated rings. The highest BCUT2D eigenvalue weighted by atomic mass is 16.2. The van der Waals surface area contributed by atoms with Crippen LogP contribution >= 0.6 is 0 Å². The van der Waals surface area contributed by atoms with Crippen LogP contribution in [0.15, 0.2) is 0 Å². The van der Waals surface area contributed by atoms with Crippen LogP contribution in [0, 0.1) is 5.92 Å². The van der Waals surface area contributed by atoms with E-state index in [2.05, 4.69) is 24.1 Å². The van der Waals surface area contributed by atoms with Crippen molar-refractivity contribution < 1.29 is 9.59 Å². The van der Waals surface area contributed by atoms with Crippen LogP contribution in [0.4, 0.5) is 0 Å². The molecule has 0 aromatic rings. The minimum absolute atomic E-state index is 0.117. The Bertz CT molecular complexity index is 389. The van der Waals surface area contributed by atoms with Gasteiger partial charge in [0.15, 0.2) is 0 Å². The van der Waals surface area contributed by atoms with Crippen LogP contribution in [-0.4, -0.2) is 85.4 Å². The fourth-order valence-corrected chi connectivity index (χ4v) is 3.24. The topological polar surface area (TPSA) is 55.9 Å². The third-order valence-corrected chi connectivity index (χ3v) is 4.25. The van der Waals surface area contributed by atoms with Crippen LogP contribution in [0.25, 0.3) is 0 Å². The first-order chi connectivity index (χ1) is 9.86. The van der Waals surface area contributed by atoms with Gasteiger partial charge in [-0.2, -0.15) is 0 Å². The van der Waals surface area contributed by atoms with Gasteiger partial charge in [0.2, 0.25) is 11.8 Å². The number of likely N-dealkylation sites (tertiary alicyclic amines) is 1. The van der Waals surface area contributed by atoms with Gasteiger partial charge < -0.3 is 20.0 Å². The summed E-state index contributed by atoms with van der Waals surface area (Å²) in [4.78, 5) is 30.5.